The molecule has 1 heterocycles. The molecular weight excluding hydrogens is 607 g/mol. The Bertz CT molecular complexity index is 2960. The van der Waals surface area contributed by atoms with Crippen molar-refractivity contribution in [3.63, 3.8) is 0 Å². The molecule has 1 aromatic heterocycles. The van der Waals surface area contributed by atoms with E-state index in [1.807, 2.05) is 84.9 Å². The van der Waals surface area contributed by atoms with Crippen molar-refractivity contribution >= 4 is 21.5 Å². The topological polar surface area (TPSA) is 38.7 Å². The van der Waals surface area contributed by atoms with Gasteiger partial charge in [-0.15, -0.1) is 0 Å². The number of benzene rings is 8. The lowest BCUT2D eigenvalue weighted by atomic mass is 9.92. The minimum Gasteiger partial charge on any atom is -0.208 e. The van der Waals surface area contributed by atoms with Crippen molar-refractivity contribution in [1.82, 2.24) is 15.0 Å². The summed E-state index contributed by atoms with van der Waals surface area (Å²) in [6, 6.07) is 47.4. The molecule has 0 saturated carbocycles. The minimum atomic E-state index is -0.447. The van der Waals surface area contributed by atoms with Gasteiger partial charge in [0.25, 0.3) is 0 Å². The maximum Gasteiger partial charge on any atom is 0.164 e. The molecule has 3 nitrogen and oxygen atoms in total. The second-order valence-corrected chi connectivity index (χ2v) is 11.9. The Morgan fingerprint density at radius 1 is 0.280 bits per heavy atom. The molecule has 8 aromatic carbocycles. The molecule has 0 N–H and O–H groups in total. The molecule has 0 aliphatic heterocycles. The second-order valence-electron chi connectivity index (χ2n) is 11.9. The quantitative estimate of drug-likeness (QED) is 0.181. The van der Waals surface area contributed by atoms with Gasteiger partial charge >= 0.3 is 0 Å². The first-order valence-electron chi connectivity index (χ1n) is 19.4. The maximum absolute atomic E-state index is 9.37. The molecule has 234 valence electrons. The molecule has 0 aliphatic rings. The van der Waals surface area contributed by atoms with Gasteiger partial charge in [0.05, 0.1) is 8.22 Å². The molecule has 9 aromatic rings. The van der Waals surface area contributed by atoms with Crippen molar-refractivity contribution in [1.29, 1.82) is 0 Å². The molecule has 0 aliphatic carbocycles. The predicted molar refractivity (Wildman–Crippen MR) is 207 cm³/mol. The molecule has 0 bridgehead atoms. The first-order chi connectivity index (χ1) is 27.3. The van der Waals surface area contributed by atoms with Crippen LogP contribution in [0, 0.1) is 0 Å². The Balaban J connectivity index is 1.24. The Morgan fingerprint density at radius 2 is 0.660 bits per heavy atom. The molecule has 9 rings (SSSR count). The normalized spacial score (nSPS) is 12.9. The highest BCUT2D eigenvalue weighted by Crippen LogP contribution is 2.38. The molecule has 0 amide bonds. The van der Waals surface area contributed by atoms with Gasteiger partial charge in [0.15, 0.2) is 17.5 Å². The van der Waals surface area contributed by atoms with Gasteiger partial charge in [-0.1, -0.05) is 182 Å². The Morgan fingerprint density at radius 3 is 1.22 bits per heavy atom. The largest absolute Gasteiger partial charge is 0.208 e. The highest BCUT2D eigenvalue weighted by Gasteiger charge is 2.16. The summed E-state index contributed by atoms with van der Waals surface area (Å²) < 4.78 is 53.9. The molecule has 0 radical (unpaired) electrons. The monoisotopic (exact) mass is 643 g/mol. The van der Waals surface area contributed by atoms with E-state index in [0.29, 0.717) is 28.3 Å². The Labute approximate surface area is 299 Å². The number of hydrogen-bond acceptors (Lipinski definition) is 3. The molecule has 0 saturated heterocycles. The molecule has 0 spiro atoms. The lowest BCUT2D eigenvalue weighted by Gasteiger charge is -2.14. The number of hydrogen-bond donors (Lipinski definition) is 0. The average Bonchev–Trinajstić information content (AvgIpc) is 3.26. The van der Waals surface area contributed by atoms with Crippen LogP contribution in [-0.4, -0.2) is 15.0 Å². The zero-order valence-corrected chi connectivity index (χ0v) is 26.8. The summed E-state index contributed by atoms with van der Waals surface area (Å²) in [5, 5.41) is 2.49. The average molecular weight is 644 g/mol. The van der Waals surface area contributed by atoms with Crippen LogP contribution in [0.4, 0.5) is 0 Å². The van der Waals surface area contributed by atoms with E-state index in [1.54, 1.807) is 24.3 Å². The van der Waals surface area contributed by atoms with Crippen LogP contribution in [-0.2, 0) is 0 Å². The third-order valence-electron chi connectivity index (χ3n) is 8.92. The van der Waals surface area contributed by atoms with Crippen LogP contribution in [0.15, 0.2) is 188 Å². The second kappa shape index (κ2) is 12.7. The zero-order chi connectivity index (χ0) is 38.5. The van der Waals surface area contributed by atoms with Gasteiger partial charge in [-0.25, -0.2) is 15.0 Å². The van der Waals surface area contributed by atoms with Crippen LogP contribution in [0.5, 0.6) is 0 Å². The van der Waals surface area contributed by atoms with Crippen LogP contribution in [0.1, 0.15) is 8.22 Å². The van der Waals surface area contributed by atoms with E-state index in [2.05, 4.69) is 42.5 Å². The fraction of sp³-hybridized carbons (Fsp3) is 0. The third kappa shape index (κ3) is 5.41. The van der Waals surface area contributed by atoms with Crippen LogP contribution in [0.3, 0.4) is 0 Å². The summed E-state index contributed by atoms with van der Waals surface area (Å²) in [4.78, 5) is 14.6. The van der Waals surface area contributed by atoms with Crippen molar-refractivity contribution in [2.24, 2.45) is 0 Å². The molecule has 0 fully saturated rings. The van der Waals surface area contributed by atoms with Crippen LogP contribution < -0.4 is 0 Å². The third-order valence-corrected chi connectivity index (χ3v) is 8.92. The maximum atomic E-state index is 9.37. The Kier molecular flexibility index (Phi) is 6.00. The predicted octanol–water partition coefficient (Wildman–Crippen LogP) is 12.2. The number of rotatable bonds is 6. The number of nitrogens with zero attached hydrogens (tertiary/aromatic N) is 3. The van der Waals surface area contributed by atoms with E-state index in [0.717, 1.165) is 33.0 Å². The van der Waals surface area contributed by atoms with E-state index in [1.165, 1.54) is 0 Å². The molecule has 0 atom stereocenters. The molecule has 3 heteroatoms. The minimum absolute atomic E-state index is 0.0357. The van der Waals surface area contributed by atoms with Crippen molar-refractivity contribution in [3.05, 3.63) is 188 Å². The van der Waals surface area contributed by atoms with Crippen LogP contribution >= 0.6 is 0 Å². The van der Waals surface area contributed by atoms with E-state index >= 15 is 0 Å². The summed E-state index contributed by atoms with van der Waals surface area (Å²) in [7, 11) is 0. The smallest absolute Gasteiger partial charge is 0.164 e. The van der Waals surface area contributed by atoms with Crippen molar-refractivity contribution in [2.45, 2.75) is 0 Å². The van der Waals surface area contributed by atoms with E-state index < -0.39 is 12.1 Å². The van der Waals surface area contributed by atoms with Crippen molar-refractivity contribution in [2.75, 3.05) is 0 Å². The SMILES string of the molecule is [2H]c1c([2H])c([2H])c2c(-c3nc(-c4ccccc4)nc(-c4ccc(-c5ccc(-c6ccccc6)c6ccccc56)cc4)n3)c([2H])c([2H])c(-c3ccccc3)c2c1[2H]. The van der Waals surface area contributed by atoms with E-state index in [9.17, 15) is 2.74 Å². The van der Waals surface area contributed by atoms with Gasteiger partial charge in [0.2, 0.25) is 0 Å². The summed E-state index contributed by atoms with van der Waals surface area (Å²) in [6.07, 6.45) is 0. The zero-order valence-electron chi connectivity index (χ0n) is 32.8. The summed E-state index contributed by atoms with van der Waals surface area (Å²) in [5.41, 5.74) is 6.63. The number of aromatic nitrogens is 3. The van der Waals surface area contributed by atoms with Gasteiger partial charge in [-0.05, 0) is 61.0 Å². The fourth-order valence-corrected chi connectivity index (χ4v) is 6.48. The van der Waals surface area contributed by atoms with E-state index in [4.69, 9.17) is 20.4 Å². The van der Waals surface area contributed by atoms with Gasteiger partial charge in [0, 0.05) is 16.7 Å². The number of fused-ring (bicyclic) bond motifs is 2. The highest BCUT2D eigenvalue weighted by molar-refractivity contribution is 6.06. The summed E-state index contributed by atoms with van der Waals surface area (Å²) in [5.74, 6) is 0.675. The van der Waals surface area contributed by atoms with Gasteiger partial charge in [0.1, 0.15) is 0 Å². The van der Waals surface area contributed by atoms with Crippen molar-refractivity contribution < 1.29 is 8.22 Å². The Hall–Kier alpha value is -6.71. The lowest BCUT2D eigenvalue weighted by Crippen LogP contribution is -2.00. The summed E-state index contributed by atoms with van der Waals surface area (Å²) in [6.45, 7) is 0. The summed E-state index contributed by atoms with van der Waals surface area (Å²) >= 11 is 0. The van der Waals surface area contributed by atoms with Gasteiger partial charge in [-0.3, -0.25) is 0 Å². The standard InChI is InChI=1S/C47H31N3/c1-4-14-32(15-5-1)37-28-29-39(41-21-11-10-20-40(37)41)34-24-26-36(27-25-34)46-48-45(35-18-8-3-9-19-35)49-47(50-46)44-31-30-38(33-16-6-2-7-17-33)42-22-12-13-23-43(42)44/h1-31H/i12D,13D,22D,23D,30D,31D. The fourth-order valence-electron chi connectivity index (χ4n) is 6.48. The van der Waals surface area contributed by atoms with Crippen LogP contribution in [0.2, 0.25) is 0 Å². The van der Waals surface area contributed by atoms with E-state index in [-0.39, 0.29) is 51.9 Å². The van der Waals surface area contributed by atoms with Crippen molar-refractivity contribution in [3.8, 4) is 67.5 Å². The van der Waals surface area contributed by atoms with Gasteiger partial charge < -0.3 is 0 Å². The van der Waals surface area contributed by atoms with Gasteiger partial charge in [-0.2, -0.15) is 0 Å². The highest BCUT2D eigenvalue weighted by atomic mass is 15.0. The molecule has 50 heavy (non-hydrogen) atoms. The lowest BCUT2D eigenvalue weighted by molar-refractivity contribution is 1.08. The first kappa shape index (κ1) is 23.6. The first-order valence-corrected chi connectivity index (χ1v) is 16.4. The molecule has 0 unspecified atom stereocenters. The molecular formula is C47H31N3. The van der Waals surface area contributed by atoms with Crippen LogP contribution in [0.25, 0.3) is 89.1 Å².